The lowest BCUT2D eigenvalue weighted by molar-refractivity contribution is -0.118. The van der Waals surface area contributed by atoms with Crippen LogP contribution in [0.2, 0.25) is 0 Å². The molecule has 0 unspecified atom stereocenters. The van der Waals surface area contributed by atoms with Crippen LogP contribution < -0.4 is 15.8 Å². The second-order valence-corrected chi connectivity index (χ2v) is 6.29. The summed E-state index contributed by atoms with van der Waals surface area (Å²) in [6.45, 7) is 1.65. The third-order valence-electron chi connectivity index (χ3n) is 2.29. The molecular weight excluding hydrogens is 290 g/mol. The zero-order valence-electron chi connectivity index (χ0n) is 10.1. The van der Waals surface area contributed by atoms with Crippen molar-refractivity contribution in [1.29, 1.82) is 0 Å². The molecule has 2 heterocycles. The van der Waals surface area contributed by atoms with E-state index in [-0.39, 0.29) is 29.8 Å². The van der Waals surface area contributed by atoms with Crippen LogP contribution in [-0.4, -0.2) is 36.8 Å². The number of carbonyl (C=O) groups excluding carboxylic acids is 1. The van der Waals surface area contributed by atoms with Crippen LogP contribution in [0.1, 0.15) is 6.92 Å². The van der Waals surface area contributed by atoms with E-state index in [1.54, 1.807) is 11.6 Å². The molecule has 0 radical (unpaired) electrons. The number of nitrogen functional groups attached to an aromatic ring is 1. The van der Waals surface area contributed by atoms with Gasteiger partial charge in [0.15, 0.2) is 15.8 Å². The molecule has 8 nitrogen and oxygen atoms in total. The van der Waals surface area contributed by atoms with Gasteiger partial charge in [-0.15, -0.1) is 11.3 Å². The van der Waals surface area contributed by atoms with Crippen LogP contribution in [0.25, 0.3) is 4.96 Å². The maximum Gasteiger partial charge on any atom is 0.260 e. The number of amides is 1. The maximum atomic E-state index is 12.1. The van der Waals surface area contributed by atoms with E-state index in [0.717, 1.165) is 0 Å². The minimum absolute atomic E-state index is 0.0427. The van der Waals surface area contributed by atoms with Crippen molar-refractivity contribution in [2.75, 3.05) is 18.8 Å². The number of nitrogens with two attached hydrogens (primary N) is 1. The molecule has 1 amide bonds. The fraction of sp³-hybridized carbons (Fsp3) is 0.333. The van der Waals surface area contributed by atoms with Crippen LogP contribution in [0.3, 0.4) is 0 Å². The molecule has 0 aromatic carbocycles. The van der Waals surface area contributed by atoms with Crippen molar-refractivity contribution in [2.45, 2.75) is 11.9 Å². The Balaban J connectivity index is 2.17. The van der Waals surface area contributed by atoms with E-state index in [9.17, 15) is 13.2 Å². The van der Waals surface area contributed by atoms with E-state index >= 15 is 0 Å². The predicted molar refractivity (Wildman–Crippen MR) is 71.4 cm³/mol. The number of nitrogens with one attached hydrogen (secondary N) is 2. The highest BCUT2D eigenvalue weighted by molar-refractivity contribution is 7.89. The van der Waals surface area contributed by atoms with Crippen molar-refractivity contribution in [1.82, 2.24) is 19.4 Å². The van der Waals surface area contributed by atoms with Gasteiger partial charge in [0.2, 0.25) is 5.91 Å². The minimum atomic E-state index is -3.76. The first-order valence-electron chi connectivity index (χ1n) is 5.37. The molecule has 10 heteroatoms. The van der Waals surface area contributed by atoms with Crippen LogP contribution >= 0.6 is 11.3 Å². The van der Waals surface area contributed by atoms with Crippen molar-refractivity contribution in [3.8, 4) is 0 Å². The highest BCUT2D eigenvalue weighted by Gasteiger charge is 2.23. The van der Waals surface area contributed by atoms with Gasteiger partial charge in [-0.2, -0.15) is 0 Å². The second-order valence-electron chi connectivity index (χ2n) is 3.74. The quantitative estimate of drug-likeness (QED) is 0.637. The van der Waals surface area contributed by atoms with E-state index in [1.165, 1.54) is 22.7 Å². The van der Waals surface area contributed by atoms with E-state index in [1.807, 2.05) is 0 Å². The Morgan fingerprint density at radius 3 is 2.95 bits per heavy atom. The number of carbonyl (C=O) groups is 1. The average molecular weight is 303 g/mol. The smallest absolute Gasteiger partial charge is 0.260 e. The standard InChI is InChI=1S/C9H13N5O3S2/c1-6(15)11-2-3-12-19(16,17)8-7(10)13-9-14(8)4-5-18-9/h4-5,12H,2-3,10H2,1H3,(H,11,15). The van der Waals surface area contributed by atoms with Crippen molar-refractivity contribution < 1.29 is 13.2 Å². The first-order chi connectivity index (χ1) is 8.92. The number of aromatic nitrogens is 2. The summed E-state index contributed by atoms with van der Waals surface area (Å²) < 4.78 is 28.0. The Hall–Kier alpha value is -1.65. The van der Waals surface area contributed by atoms with Crippen LogP contribution in [0, 0.1) is 0 Å². The van der Waals surface area contributed by atoms with Gasteiger partial charge in [-0.05, 0) is 0 Å². The number of thiazole rings is 1. The lowest BCUT2D eigenvalue weighted by Gasteiger charge is -2.06. The topological polar surface area (TPSA) is 119 Å². The third kappa shape index (κ3) is 2.85. The molecule has 0 saturated carbocycles. The molecule has 0 bridgehead atoms. The highest BCUT2D eigenvalue weighted by atomic mass is 32.2. The molecule has 0 spiro atoms. The predicted octanol–water partition coefficient (Wildman–Crippen LogP) is -0.608. The van der Waals surface area contributed by atoms with Gasteiger partial charge < -0.3 is 11.1 Å². The monoisotopic (exact) mass is 303 g/mol. The first-order valence-corrected chi connectivity index (χ1v) is 7.73. The summed E-state index contributed by atoms with van der Waals surface area (Å²) in [4.78, 5) is 15.1. The summed E-state index contributed by atoms with van der Waals surface area (Å²) in [5.74, 6) is -0.262. The number of sulfonamides is 1. The van der Waals surface area contributed by atoms with Gasteiger partial charge in [0, 0.05) is 31.6 Å². The lowest BCUT2D eigenvalue weighted by atomic mass is 10.6. The molecule has 4 N–H and O–H groups in total. The normalized spacial score (nSPS) is 11.8. The zero-order valence-corrected chi connectivity index (χ0v) is 11.7. The molecule has 2 aromatic rings. The lowest BCUT2D eigenvalue weighted by Crippen LogP contribution is -2.34. The van der Waals surface area contributed by atoms with Crippen LogP contribution in [-0.2, 0) is 14.8 Å². The summed E-state index contributed by atoms with van der Waals surface area (Å²) in [7, 11) is -3.76. The van der Waals surface area contributed by atoms with Crippen LogP contribution in [0.5, 0.6) is 0 Å². The molecule has 2 rings (SSSR count). The van der Waals surface area contributed by atoms with Crippen molar-refractivity contribution in [3.05, 3.63) is 11.6 Å². The van der Waals surface area contributed by atoms with Gasteiger partial charge in [-0.1, -0.05) is 0 Å². The van der Waals surface area contributed by atoms with Gasteiger partial charge in [-0.3, -0.25) is 9.20 Å². The van der Waals surface area contributed by atoms with Gasteiger partial charge >= 0.3 is 0 Å². The van der Waals surface area contributed by atoms with Gasteiger partial charge in [-0.25, -0.2) is 18.1 Å². The molecule has 0 saturated heterocycles. The van der Waals surface area contributed by atoms with Gasteiger partial charge in [0.25, 0.3) is 10.0 Å². The SMILES string of the molecule is CC(=O)NCCNS(=O)(=O)c1c(N)nc2sccn12. The number of hydrogen-bond acceptors (Lipinski definition) is 6. The van der Waals surface area contributed by atoms with Gasteiger partial charge in [0.05, 0.1) is 0 Å². The molecule has 19 heavy (non-hydrogen) atoms. The Morgan fingerprint density at radius 1 is 1.53 bits per heavy atom. The summed E-state index contributed by atoms with van der Waals surface area (Å²) in [5.41, 5.74) is 5.62. The fourth-order valence-electron chi connectivity index (χ4n) is 1.54. The Labute approximate surface area is 113 Å². The molecule has 0 aliphatic heterocycles. The molecule has 0 aliphatic rings. The second kappa shape index (κ2) is 5.15. The molecule has 0 atom stereocenters. The number of imidazole rings is 1. The molecular formula is C9H13N5O3S2. The maximum absolute atomic E-state index is 12.1. The summed E-state index contributed by atoms with van der Waals surface area (Å²) in [6.07, 6.45) is 1.59. The van der Waals surface area contributed by atoms with E-state index in [0.29, 0.717) is 4.96 Å². The third-order valence-corrected chi connectivity index (χ3v) is 4.54. The Morgan fingerprint density at radius 2 is 2.26 bits per heavy atom. The summed E-state index contributed by atoms with van der Waals surface area (Å²) in [5, 5.41) is 4.14. The zero-order chi connectivity index (χ0) is 14.0. The van der Waals surface area contributed by atoms with Crippen molar-refractivity contribution in [2.24, 2.45) is 0 Å². The van der Waals surface area contributed by atoms with Crippen LogP contribution in [0.15, 0.2) is 16.6 Å². The van der Waals surface area contributed by atoms with Gasteiger partial charge in [0.1, 0.15) is 0 Å². The fourth-order valence-corrected chi connectivity index (χ4v) is 3.55. The average Bonchev–Trinajstić information content (AvgIpc) is 2.83. The highest BCUT2D eigenvalue weighted by Crippen LogP contribution is 2.22. The van der Waals surface area contributed by atoms with Crippen molar-refractivity contribution >= 4 is 38.0 Å². The molecule has 2 aromatic heterocycles. The Bertz CT molecular complexity index is 703. The largest absolute Gasteiger partial charge is 0.381 e. The minimum Gasteiger partial charge on any atom is -0.381 e. The number of rotatable bonds is 5. The van der Waals surface area contributed by atoms with E-state index in [2.05, 4.69) is 15.0 Å². The number of hydrogen-bond donors (Lipinski definition) is 3. The summed E-state index contributed by atoms with van der Waals surface area (Å²) >= 11 is 1.29. The Kier molecular flexibility index (Phi) is 3.73. The van der Waals surface area contributed by atoms with E-state index in [4.69, 9.17) is 5.73 Å². The first kappa shape index (κ1) is 13.8. The number of nitrogens with zero attached hydrogens (tertiary/aromatic N) is 2. The van der Waals surface area contributed by atoms with Crippen molar-refractivity contribution in [3.63, 3.8) is 0 Å². The number of anilines is 1. The summed E-state index contributed by atoms with van der Waals surface area (Å²) in [6, 6.07) is 0. The van der Waals surface area contributed by atoms with Crippen LogP contribution in [0.4, 0.5) is 5.82 Å². The molecule has 104 valence electrons. The molecule has 0 aliphatic carbocycles. The molecule has 0 fully saturated rings. The number of fused-ring (bicyclic) bond motifs is 1. The van der Waals surface area contributed by atoms with E-state index < -0.39 is 10.0 Å².